The lowest BCUT2D eigenvalue weighted by Crippen LogP contribution is -2.41. The second kappa shape index (κ2) is 10.3. The van der Waals surface area contributed by atoms with E-state index in [9.17, 15) is 13.2 Å². The van der Waals surface area contributed by atoms with Gasteiger partial charge >= 0.3 is 0 Å². The molecular weight excluding hydrogens is 386 g/mol. The summed E-state index contributed by atoms with van der Waals surface area (Å²) in [7, 11) is -3.60. The second-order valence-corrected chi connectivity index (χ2v) is 9.50. The molecule has 1 aliphatic heterocycles. The molecule has 1 aromatic carbocycles. The topological polar surface area (TPSA) is 69.7 Å². The number of hydrogen-bond acceptors (Lipinski definition) is 4. The van der Waals surface area contributed by atoms with Gasteiger partial charge in [0.15, 0.2) is 0 Å². The third-order valence-corrected chi connectivity index (χ3v) is 6.16. The van der Waals surface area contributed by atoms with Crippen LogP contribution in [0, 0.1) is 6.92 Å². The number of halogens is 1. The summed E-state index contributed by atoms with van der Waals surface area (Å²) < 4.78 is 25.5. The fourth-order valence-corrected chi connectivity index (χ4v) is 4.38. The van der Waals surface area contributed by atoms with Crippen molar-refractivity contribution in [3.05, 3.63) is 28.8 Å². The molecular formula is C19H30ClN3O3S. The zero-order valence-corrected chi connectivity index (χ0v) is 17.8. The highest BCUT2D eigenvalue weighted by molar-refractivity contribution is 7.92. The van der Waals surface area contributed by atoms with Gasteiger partial charge in [-0.2, -0.15) is 0 Å². The van der Waals surface area contributed by atoms with Crippen LogP contribution in [-0.4, -0.2) is 58.2 Å². The van der Waals surface area contributed by atoms with Gasteiger partial charge in [0, 0.05) is 11.6 Å². The smallest absolute Gasteiger partial charge is 0.240 e. The first-order valence-electron chi connectivity index (χ1n) is 9.50. The van der Waals surface area contributed by atoms with Crippen LogP contribution in [0.3, 0.4) is 0 Å². The van der Waals surface area contributed by atoms with E-state index in [2.05, 4.69) is 10.2 Å². The van der Waals surface area contributed by atoms with Gasteiger partial charge in [0.25, 0.3) is 0 Å². The molecule has 0 unspecified atom stereocenters. The van der Waals surface area contributed by atoms with Crippen LogP contribution in [0.5, 0.6) is 0 Å². The van der Waals surface area contributed by atoms with Crippen LogP contribution in [-0.2, 0) is 14.8 Å². The van der Waals surface area contributed by atoms with E-state index in [0.717, 1.165) is 42.2 Å². The minimum Gasteiger partial charge on any atom is -0.354 e. The van der Waals surface area contributed by atoms with Crippen LogP contribution in [0.2, 0.25) is 5.02 Å². The Morgan fingerprint density at radius 1 is 1.22 bits per heavy atom. The number of carbonyl (C=O) groups is 1. The van der Waals surface area contributed by atoms with Crippen molar-refractivity contribution in [3.63, 3.8) is 0 Å². The van der Waals surface area contributed by atoms with Gasteiger partial charge < -0.3 is 10.2 Å². The van der Waals surface area contributed by atoms with Crippen molar-refractivity contribution in [2.24, 2.45) is 0 Å². The van der Waals surface area contributed by atoms with E-state index in [1.54, 1.807) is 25.1 Å². The van der Waals surface area contributed by atoms with Crippen LogP contribution in [0.25, 0.3) is 0 Å². The summed E-state index contributed by atoms with van der Waals surface area (Å²) in [5, 5.41) is 3.27. The van der Waals surface area contributed by atoms with E-state index >= 15 is 0 Å². The lowest BCUT2D eigenvalue weighted by Gasteiger charge is -2.24. The number of aryl methyl sites for hydroxylation is 1. The number of rotatable bonds is 8. The Morgan fingerprint density at radius 3 is 2.52 bits per heavy atom. The number of sulfonamides is 1. The number of hydrogen-bond donors (Lipinski definition) is 1. The number of nitrogens with one attached hydrogen (secondary N) is 1. The maximum atomic E-state index is 12.3. The standard InChI is InChI=1S/C19H30ClN3O3S/c1-16-8-9-17(20)14-18(16)23(27(2,25)26)15-19(24)21-10-7-13-22-11-5-3-4-6-12-22/h8-9,14H,3-7,10-13,15H2,1-2H3,(H,21,24). The Balaban J connectivity index is 1.88. The van der Waals surface area contributed by atoms with Gasteiger partial charge in [0.2, 0.25) is 15.9 Å². The molecule has 1 aliphatic rings. The molecule has 1 heterocycles. The Hall–Kier alpha value is -1.31. The van der Waals surface area contributed by atoms with Gasteiger partial charge in [-0.25, -0.2) is 8.42 Å². The number of carbonyl (C=O) groups excluding carboxylic acids is 1. The molecule has 2 rings (SSSR count). The molecule has 0 aliphatic carbocycles. The molecule has 8 heteroatoms. The van der Waals surface area contributed by atoms with E-state index in [4.69, 9.17) is 11.6 Å². The third-order valence-electron chi connectivity index (χ3n) is 4.80. The predicted octanol–water partition coefficient (Wildman–Crippen LogP) is 2.80. The van der Waals surface area contributed by atoms with Crippen molar-refractivity contribution in [1.29, 1.82) is 0 Å². The van der Waals surface area contributed by atoms with Gasteiger partial charge in [0.1, 0.15) is 6.54 Å². The molecule has 152 valence electrons. The van der Waals surface area contributed by atoms with Crippen molar-refractivity contribution in [3.8, 4) is 0 Å². The SMILES string of the molecule is Cc1ccc(Cl)cc1N(CC(=O)NCCCN1CCCCCC1)S(C)(=O)=O. The number of nitrogens with zero attached hydrogens (tertiary/aromatic N) is 2. The largest absolute Gasteiger partial charge is 0.354 e. The highest BCUT2D eigenvalue weighted by atomic mass is 35.5. The fraction of sp³-hybridized carbons (Fsp3) is 0.632. The van der Waals surface area contributed by atoms with Crippen LogP contribution in [0.4, 0.5) is 5.69 Å². The molecule has 0 spiro atoms. The van der Waals surface area contributed by atoms with Crippen LogP contribution in [0.1, 0.15) is 37.7 Å². The first kappa shape index (κ1) is 22.0. The molecule has 1 amide bonds. The second-order valence-electron chi connectivity index (χ2n) is 7.16. The van der Waals surface area contributed by atoms with Crippen molar-refractivity contribution < 1.29 is 13.2 Å². The maximum Gasteiger partial charge on any atom is 0.240 e. The quantitative estimate of drug-likeness (QED) is 0.663. The van der Waals surface area contributed by atoms with Crippen LogP contribution < -0.4 is 9.62 Å². The summed E-state index contributed by atoms with van der Waals surface area (Å²) in [6, 6.07) is 5.02. The summed E-state index contributed by atoms with van der Waals surface area (Å²) >= 11 is 6.01. The molecule has 0 atom stereocenters. The molecule has 1 aromatic rings. The molecule has 1 saturated heterocycles. The summed E-state index contributed by atoms with van der Waals surface area (Å²) in [6.07, 6.45) is 7.05. The first-order valence-corrected chi connectivity index (χ1v) is 11.7. The van der Waals surface area contributed by atoms with Crippen molar-refractivity contribution in [1.82, 2.24) is 10.2 Å². The number of benzene rings is 1. The summed E-state index contributed by atoms with van der Waals surface area (Å²) in [6.45, 7) is 5.31. The van der Waals surface area contributed by atoms with E-state index < -0.39 is 10.0 Å². The van der Waals surface area contributed by atoms with E-state index in [-0.39, 0.29) is 12.5 Å². The molecule has 27 heavy (non-hydrogen) atoms. The molecule has 1 fully saturated rings. The number of anilines is 1. The predicted molar refractivity (Wildman–Crippen MR) is 111 cm³/mol. The minimum atomic E-state index is -3.60. The number of amides is 1. The third kappa shape index (κ3) is 7.31. The summed E-state index contributed by atoms with van der Waals surface area (Å²) in [4.78, 5) is 14.8. The average molecular weight is 416 g/mol. The summed E-state index contributed by atoms with van der Waals surface area (Å²) in [5.74, 6) is -0.310. The number of likely N-dealkylation sites (tertiary alicyclic amines) is 1. The van der Waals surface area contributed by atoms with E-state index in [0.29, 0.717) is 17.3 Å². The maximum absolute atomic E-state index is 12.3. The fourth-order valence-electron chi connectivity index (χ4n) is 3.31. The Kier molecular flexibility index (Phi) is 8.38. The highest BCUT2D eigenvalue weighted by Gasteiger charge is 2.22. The molecule has 0 saturated carbocycles. The molecule has 0 radical (unpaired) electrons. The average Bonchev–Trinajstić information content (AvgIpc) is 2.87. The van der Waals surface area contributed by atoms with Crippen molar-refractivity contribution in [2.45, 2.75) is 39.0 Å². The van der Waals surface area contributed by atoms with E-state index in [1.165, 1.54) is 25.7 Å². The first-order chi connectivity index (χ1) is 12.8. The zero-order chi connectivity index (χ0) is 19.9. The molecule has 6 nitrogen and oxygen atoms in total. The van der Waals surface area contributed by atoms with Crippen molar-refractivity contribution >= 4 is 33.2 Å². The van der Waals surface area contributed by atoms with E-state index in [1.807, 2.05) is 0 Å². The Labute approximate surface area is 167 Å². The highest BCUT2D eigenvalue weighted by Crippen LogP contribution is 2.26. The lowest BCUT2D eigenvalue weighted by atomic mass is 10.2. The van der Waals surface area contributed by atoms with Crippen molar-refractivity contribution in [2.75, 3.05) is 43.3 Å². The van der Waals surface area contributed by atoms with Gasteiger partial charge in [-0.05, 0) is 63.5 Å². The molecule has 0 aromatic heterocycles. The van der Waals surface area contributed by atoms with Crippen LogP contribution in [0.15, 0.2) is 18.2 Å². The van der Waals surface area contributed by atoms with Gasteiger partial charge in [0.05, 0.1) is 11.9 Å². The Morgan fingerprint density at radius 2 is 1.89 bits per heavy atom. The summed E-state index contributed by atoms with van der Waals surface area (Å²) in [5.41, 5.74) is 1.18. The normalized spacial score (nSPS) is 16.0. The Bertz CT molecular complexity index is 732. The zero-order valence-electron chi connectivity index (χ0n) is 16.2. The minimum absolute atomic E-state index is 0.246. The van der Waals surface area contributed by atoms with Gasteiger partial charge in [-0.1, -0.05) is 30.5 Å². The van der Waals surface area contributed by atoms with Gasteiger partial charge in [-0.15, -0.1) is 0 Å². The monoisotopic (exact) mass is 415 g/mol. The lowest BCUT2D eigenvalue weighted by molar-refractivity contribution is -0.119. The van der Waals surface area contributed by atoms with Crippen LogP contribution >= 0.6 is 11.6 Å². The molecule has 1 N–H and O–H groups in total. The molecule has 0 bridgehead atoms. The van der Waals surface area contributed by atoms with Gasteiger partial charge in [-0.3, -0.25) is 9.10 Å².